The third-order valence-electron chi connectivity index (χ3n) is 5.45. The van der Waals surface area contributed by atoms with Crippen molar-refractivity contribution in [1.29, 1.82) is 0 Å². The Morgan fingerprint density at radius 1 is 1.37 bits per heavy atom. The first-order valence-electron chi connectivity index (χ1n) is 9.63. The minimum absolute atomic E-state index is 0.160. The van der Waals surface area contributed by atoms with Crippen LogP contribution in [0.3, 0.4) is 0 Å². The molecule has 3 rings (SSSR count). The maximum atomic E-state index is 12.9. The average Bonchev–Trinajstić information content (AvgIpc) is 3.07. The summed E-state index contributed by atoms with van der Waals surface area (Å²) in [5.74, 6) is 1.81. The molecule has 1 amide bonds. The number of aryl methyl sites for hydroxylation is 1. The number of benzene rings is 1. The molecule has 0 aliphatic carbocycles. The molecule has 1 aliphatic rings. The SMILES string of the molecule is COc1ccccc1-c1noc(C)c1C(=O)NCC(C)N1CCC(C)CC1. The van der Waals surface area contributed by atoms with Crippen LogP contribution in [0.25, 0.3) is 11.3 Å². The lowest BCUT2D eigenvalue weighted by atomic mass is 9.98. The van der Waals surface area contributed by atoms with Crippen LogP contribution in [-0.2, 0) is 0 Å². The van der Waals surface area contributed by atoms with Gasteiger partial charge in [-0.05, 0) is 57.8 Å². The number of nitrogens with one attached hydrogen (secondary N) is 1. The van der Waals surface area contributed by atoms with Gasteiger partial charge in [-0.2, -0.15) is 0 Å². The van der Waals surface area contributed by atoms with Crippen LogP contribution in [0.15, 0.2) is 28.8 Å². The Labute approximate surface area is 160 Å². The molecule has 1 aromatic heterocycles. The van der Waals surface area contributed by atoms with Crippen molar-refractivity contribution >= 4 is 5.91 Å². The van der Waals surface area contributed by atoms with E-state index in [1.807, 2.05) is 24.3 Å². The number of piperidine rings is 1. The Morgan fingerprint density at radius 2 is 2.07 bits per heavy atom. The maximum absolute atomic E-state index is 12.9. The van der Waals surface area contributed by atoms with Gasteiger partial charge in [-0.3, -0.25) is 9.69 Å². The molecule has 1 fully saturated rings. The Balaban J connectivity index is 1.71. The maximum Gasteiger partial charge on any atom is 0.257 e. The van der Waals surface area contributed by atoms with Crippen molar-refractivity contribution in [3.05, 3.63) is 35.6 Å². The lowest BCUT2D eigenvalue weighted by Gasteiger charge is -2.35. The van der Waals surface area contributed by atoms with E-state index in [4.69, 9.17) is 9.26 Å². The van der Waals surface area contributed by atoms with Gasteiger partial charge in [-0.25, -0.2) is 0 Å². The van der Waals surface area contributed by atoms with Gasteiger partial charge in [0, 0.05) is 18.2 Å². The van der Waals surface area contributed by atoms with Crippen LogP contribution in [0.1, 0.15) is 42.8 Å². The number of hydrogen-bond acceptors (Lipinski definition) is 5. The first-order valence-corrected chi connectivity index (χ1v) is 9.63. The average molecular weight is 371 g/mol. The third-order valence-corrected chi connectivity index (χ3v) is 5.45. The standard InChI is InChI=1S/C21H29N3O3/c1-14-9-11-24(12-10-14)15(2)13-22-21(25)19-16(3)27-23-20(19)17-7-5-6-8-18(17)26-4/h5-8,14-15H,9-13H2,1-4H3,(H,22,25). The molecule has 1 N–H and O–H groups in total. The third kappa shape index (κ3) is 4.33. The van der Waals surface area contributed by atoms with Gasteiger partial charge in [0.05, 0.1) is 7.11 Å². The number of rotatable bonds is 6. The van der Waals surface area contributed by atoms with Crippen LogP contribution in [0.5, 0.6) is 5.75 Å². The molecule has 0 radical (unpaired) electrons. The second-order valence-electron chi connectivity index (χ2n) is 7.44. The number of para-hydroxylation sites is 1. The number of methoxy groups -OCH3 is 1. The summed E-state index contributed by atoms with van der Waals surface area (Å²) >= 11 is 0. The topological polar surface area (TPSA) is 67.6 Å². The molecule has 1 aromatic carbocycles. The molecule has 6 heteroatoms. The number of carbonyl (C=O) groups is 1. The van der Waals surface area contributed by atoms with Crippen LogP contribution >= 0.6 is 0 Å². The predicted molar refractivity (Wildman–Crippen MR) is 105 cm³/mol. The Morgan fingerprint density at radius 3 is 2.78 bits per heavy atom. The molecule has 1 atom stereocenters. The second-order valence-corrected chi connectivity index (χ2v) is 7.44. The van der Waals surface area contributed by atoms with Gasteiger partial charge in [-0.1, -0.05) is 24.2 Å². The van der Waals surface area contributed by atoms with E-state index in [1.54, 1.807) is 14.0 Å². The highest BCUT2D eigenvalue weighted by atomic mass is 16.5. The lowest BCUT2D eigenvalue weighted by Crippen LogP contribution is -2.45. The van der Waals surface area contributed by atoms with E-state index in [0.29, 0.717) is 35.4 Å². The molecule has 1 aliphatic heterocycles. The first kappa shape index (κ1) is 19.4. The van der Waals surface area contributed by atoms with E-state index in [-0.39, 0.29) is 5.91 Å². The van der Waals surface area contributed by atoms with Crippen molar-refractivity contribution in [2.45, 2.75) is 39.7 Å². The van der Waals surface area contributed by atoms with Crippen molar-refractivity contribution < 1.29 is 14.1 Å². The van der Waals surface area contributed by atoms with Crippen molar-refractivity contribution in [1.82, 2.24) is 15.4 Å². The van der Waals surface area contributed by atoms with Crippen molar-refractivity contribution in [2.75, 3.05) is 26.7 Å². The van der Waals surface area contributed by atoms with Crippen LogP contribution in [0.2, 0.25) is 0 Å². The van der Waals surface area contributed by atoms with Gasteiger partial charge in [-0.15, -0.1) is 0 Å². The smallest absolute Gasteiger partial charge is 0.257 e. The van der Waals surface area contributed by atoms with Gasteiger partial charge in [0.25, 0.3) is 5.91 Å². The molecule has 2 aromatic rings. The fourth-order valence-electron chi connectivity index (χ4n) is 3.59. The number of likely N-dealkylation sites (tertiary alicyclic amines) is 1. The van der Waals surface area contributed by atoms with E-state index in [2.05, 4.69) is 29.2 Å². The van der Waals surface area contributed by atoms with E-state index < -0.39 is 0 Å². The van der Waals surface area contributed by atoms with Crippen molar-refractivity contribution in [3.8, 4) is 17.0 Å². The number of carbonyl (C=O) groups excluding carboxylic acids is 1. The molecular formula is C21H29N3O3. The highest BCUT2D eigenvalue weighted by Crippen LogP contribution is 2.32. The molecule has 1 unspecified atom stereocenters. The van der Waals surface area contributed by atoms with Gasteiger partial charge in [0.1, 0.15) is 22.8 Å². The zero-order valence-electron chi connectivity index (χ0n) is 16.6. The molecular weight excluding hydrogens is 342 g/mol. The van der Waals surface area contributed by atoms with Crippen molar-refractivity contribution in [3.63, 3.8) is 0 Å². The van der Waals surface area contributed by atoms with Crippen molar-refractivity contribution in [2.24, 2.45) is 5.92 Å². The summed E-state index contributed by atoms with van der Waals surface area (Å²) < 4.78 is 10.7. The fraction of sp³-hybridized carbons (Fsp3) is 0.524. The van der Waals surface area contributed by atoms with E-state index in [9.17, 15) is 4.79 Å². The summed E-state index contributed by atoms with van der Waals surface area (Å²) in [5, 5.41) is 7.18. The monoisotopic (exact) mass is 371 g/mol. The minimum Gasteiger partial charge on any atom is -0.496 e. The zero-order chi connectivity index (χ0) is 19.4. The van der Waals surface area contributed by atoms with Crippen LogP contribution in [0, 0.1) is 12.8 Å². The summed E-state index contributed by atoms with van der Waals surface area (Å²) in [6.45, 7) is 9.02. The summed E-state index contributed by atoms with van der Waals surface area (Å²) in [7, 11) is 1.60. The highest BCUT2D eigenvalue weighted by molar-refractivity contribution is 6.01. The molecule has 6 nitrogen and oxygen atoms in total. The number of amides is 1. The zero-order valence-corrected chi connectivity index (χ0v) is 16.6. The number of ether oxygens (including phenoxy) is 1. The van der Waals surface area contributed by atoms with Gasteiger partial charge in [0.2, 0.25) is 0 Å². The van der Waals surface area contributed by atoms with Crippen LogP contribution in [0.4, 0.5) is 0 Å². The first-order chi connectivity index (χ1) is 13.0. The predicted octanol–water partition coefficient (Wildman–Crippen LogP) is 3.51. The molecule has 27 heavy (non-hydrogen) atoms. The van der Waals surface area contributed by atoms with E-state index in [0.717, 1.165) is 24.6 Å². The summed E-state index contributed by atoms with van der Waals surface area (Å²) in [6.07, 6.45) is 2.45. The quantitative estimate of drug-likeness (QED) is 0.842. The summed E-state index contributed by atoms with van der Waals surface area (Å²) in [4.78, 5) is 15.3. The summed E-state index contributed by atoms with van der Waals surface area (Å²) in [5.41, 5.74) is 1.74. The molecule has 1 saturated heterocycles. The largest absolute Gasteiger partial charge is 0.496 e. The molecule has 0 bridgehead atoms. The molecule has 2 heterocycles. The van der Waals surface area contributed by atoms with Gasteiger partial charge in [0.15, 0.2) is 0 Å². The summed E-state index contributed by atoms with van der Waals surface area (Å²) in [6, 6.07) is 7.81. The fourth-order valence-corrected chi connectivity index (χ4v) is 3.59. The number of aromatic nitrogens is 1. The number of nitrogens with zero attached hydrogens (tertiary/aromatic N) is 2. The molecule has 146 valence electrons. The van der Waals surface area contributed by atoms with Gasteiger partial charge >= 0.3 is 0 Å². The van der Waals surface area contributed by atoms with E-state index in [1.165, 1.54) is 12.8 Å². The molecule has 0 saturated carbocycles. The van der Waals surface area contributed by atoms with E-state index >= 15 is 0 Å². The number of hydrogen-bond donors (Lipinski definition) is 1. The van der Waals surface area contributed by atoms with Gasteiger partial charge < -0.3 is 14.6 Å². The normalized spacial score (nSPS) is 16.9. The Bertz CT molecular complexity index is 779. The Hall–Kier alpha value is -2.34. The molecule has 0 spiro atoms. The minimum atomic E-state index is -0.160. The lowest BCUT2D eigenvalue weighted by molar-refractivity contribution is 0.0921. The van der Waals surface area contributed by atoms with Crippen LogP contribution in [-0.4, -0.2) is 48.7 Å². The second kappa shape index (κ2) is 8.57. The Kier molecular flexibility index (Phi) is 6.16. The highest BCUT2D eigenvalue weighted by Gasteiger charge is 2.25. The van der Waals surface area contributed by atoms with Crippen LogP contribution < -0.4 is 10.1 Å².